The van der Waals surface area contributed by atoms with E-state index in [1.807, 2.05) is 34.7 Å². The van der Waals surface area contributed by atoms with Gasteiger partial charge < -0.3 is 10.2 Å². The Balaban J connectivity index is 1.38. The van der Waals surface area contributed by atoms with Crippen LogP contribution in [0.3, 0.4) is 0 Å². The zero-order chi connectivity index (χ0) is 21.6. The number of piperidine rings is 1. The molecule has 2 aliphatic heterocycles. The van der Waals surface area contributed by atoms with Crippen molar-refractivity contribution >= 4 is 11.7 Å². The smallest absolute Gasteiger partial charge is 0.314 e. The van der Waals surface area contributed by atoms with E-state index in [0.29, 0.717) is 24.0 Å². The van der Waals surface area contributed by atoms with Crippen molar-refractivity contribution in [2.75, 3.05) is 5.32 Å². The third-order valence-corrected chi connectivity index (χ3v) is 6.39. The van der Waals surface area contributed by atoms with Gasteiger partial charge in [-0.15, -0.1) is 0 Å². The molecule has 0 spiro atoms. The highest BCUT2D eigenvalue weighted by molar-refractivity contribution is 5.91. The molecule has 31 heavy (non-hydrogen) atoms. The maximum Gasteiger partial charge on any atom is 0.322 e. The predicted octanol–water partition coefficient (Wildman–Crippen LogP) is 3.66. The van der Waals surface area contributed by atoms with E-state index < -0.39 is 5.82 Å². The molecule has 2 saturated heterocycles. The van der Waals surface area contributed by atoms with Gasteiger partial charge in [0.1, 0.15) is 12.7 Å². The molecule has 2 aliphatic rings. The number of anilines is 1. The number of fused-ring (bicyclic) bond motifs is 2. The first-order valence-electron chi connectivity index (χ1n) is 10.4. The summed E-state index contributed by atoms with van der Waals surface area (Å²) in [6, 6.07) is 5.73. The summed E-state index contributed by atoms with van der Waals surface area (Å²) < 4.78 is 15.0. The van der Waals surface area contributed by atoms with Crippen LogP contribution in [0.25, 0.3) is 11.4 Å². The van der Waals surface area contributed by atoms with Crippen LogP contribution in [-0.4, -0.2) is 47.2 Å². The second kappa shape index (κ2) is 7.40. The van der Waals surface area contributed by atoms with E-state index in [-0.39, 0.29) is 17.6 Å². The van der Waals surface area contributed by atoms with E-state index in [4.69, 9.17) is 0 Å². The summed E-state index contributed by atoms with van der Waals surface area (Å²) in [6.07, 6.45) is 8.44. The summed E-state index contributed by atoms with van der Waals surface area (Å²) in [4.78, 5) is 27.5. The van der Waals surface area contributed by atoms with Crippen LogP contribution in [0.1, 0.15) is 31.7 Å². The van der Waals surface area contributed by atoms with Crippen molar-refractivity contribution in [3.8, 4) is 11.4 Å². The molecule has 2 amide bonds. The van der Waals surface area contributed by atoms with Gasteiger partial charge in [-0.1, -0.05) is 13.0 Å². The number of hydrogen-bond donors (Lipinski definition) is 1. The number of halogens is 1. The van der Waals surface area contributed by atoms with Crippen LogP contribution in [0.5, 0.6) is 0 Å². The number of aryl methyl sites for hydroxylation is 1. The van der Waals surface area contributed by atoms with E-state index >= 15 is 0 Å². The number of urea groups is 1. The molecule has 1 aromatic carbocycles. The van der Waals surface area contributed by atoms with E-state index in [1.54, 1.807) is 6.33 Å². The van der Waals surface area contributed by atoms with Crippen LogP contribution >= 0.6 is 0 Å². The van der Waals surface area contributed by atoms with Gasteiger partial charge in [0.2, 0.25) is 0 Å². The molecule has 3 atom stereocenters. The van der Waals surface area contributed by atoms with Crippen molar-refractivity contribution in [1.29, 1.82) is 0 Å². The second-order valence-corrected chi connectivity index (χ2v) is 8.78. The van der Waals surface area contributed by atoms with Crippen LogP contribution < -0.4 is 5.32 Å². The molecule has 160 valence electrons. The molecule has 2 fully saturated rings. The van der Waals surface area contributed by atoms with Gasteiger partial charge >= 0.3 is 6.03 Å². The number of nitrogens with one attached hydrogen (secondary N) is 1. The molecule has 8 nitrogen and oxygen atoms in total. The number of hydrogen-bond acceptors (Lipinski definition) is 5. The monoisotopic (exact) mass is 421 g/mol. The van der Waals surface area contributed by atoms with Crippen LogP contribution in [-0.2, 0) is 6.54 Å². The predicted molar refractivity (Wildman–Crippen MR) is 113 cm³/mol. The summed E-state index contributed by atoms with van der Waals surface area (Å²) in [5.41, 5.74) is 2.12. The number of carbonyl (C=O) groups excluding carboxylic acids is 1. The first-order chi connectivity index (χ1) is 14.9. The Morgan fingerprint density at radius 3 is 2.84 bits per heavy atom. The highest BCUT2D eigenvalue weighted by atomic mass is 19.1. The minimum Gasteiger partial charge on any atom is -0.314 e. The van der Waals surface area contributed by atoms with Crippen LogP contribution in [0.15, 0.2) is 43.2 Å². The number of nitrogens with zero attached hydrogens (tertiary/aromatic N) is 6. The fraction of sp³-hybridized carbons (Fsp3) is 0.409. The van der Waals surface area contributed by atoms with E-state index in [9.17, 15) is 9.18 Å². The summed E-state index contributed by atoms with van der Waals surface area (Å²) >= 11 is 0. The van der Waals surface area contributed by atoms with Crippen molar-refractivity contribution in [2.45, 2.75) is 51.2 Å². The van der Waals surface area contributed by atoms with Crippen LogP contribution in [0.2, 0.25) is 0 Å². The minimum absolute atomic E-state index is 0.113. The SMILES string of the molecule is Cc1ccc(NC(=O)N2C3CC(C)CC2(Cn2cncn2)C3)cc1-c1ncc(F)cn1. The molecule has 0 saturated carbocycles. The number of benzene rings is 1. The summed E-state index contributed by atoms with van der Waals surface area (Å²) in [5.74, 6) is 0.502. The van der Waals surface area contributed by atoms with Gasteiger partial charge in [-0.05, 0) is 49.8 Å². The van der Waals surface area contributed by atoms with Gasteiger partial charge in [0.25, 0.3) is 0 Å². The summed E-state index contributed by atoms with van der Waals surface area (Å²) in [6.45, 7) is 4.82. The first-order valence-corrected chi connectivity index (χ1v) is 10.4. The zero-order valence-electron chi connectivity index (χ0n) is 17.5. The lowest BCUT2D eigenvalue weighted by atomic mass is 9.64. The molecule has 3 aromatic rings. The van der Waals surface area contributed by atoms with Crippen molar-refractivity contribution in [1.82, 2.24) is 29.6 Å². The van der Waals surface area contributed by atoms with Crippen LogP contribution in [0.4, 0.5) is 14.9 Å². The average Bonchev–Trinajstić information content (AvgIpc) is 3.22. The molecule has 0 aliphatic carbocycles. The van der Waals surface area contributed by atoms with Crippen molar-refractivity contribution in [3.63, 3.8) is 0 Å². The number of amides is 2. The molecule has 9 heteroatoms. The zero-order valence-corrected chi connectivity index (χ0v) is 17.5. The molecule has 0 radical (unpaired) electrons. The Morgan fingerprint density at radius 1 is 1.29 bits per heavy atom. The molecule has 5 rings (SSSR count). The van der Waals surface area contributed by atoms with Gasteiger partial charge in [0.15, 0.2) is 11.6 Å². The molecule has 3 unspecified atom stereocenters. The standard InChI is InChI=1S/C22H24FN7O/c1-14-5-18-8-22(7-14,11-29-13-24-12-27-29)30(18)21(31)28-17-4-3-15(2)19(6-17)20-25-9-16(23)10-26-20/h3-4,6,9-10,12-14,18H,5,7-8,11H2,1-2H3,(H,28,31). The number of rotatable bonds is 4. The lowest BCUT2D eigenvalue weighted by molar-refractivity contribution is -0.100. The Labute approximate surface area is 179 Å². The van der Waals surface area contributed by atoms with Gasteiger partial charge in [-0.2, -0.15) is 5.10 Å². The normalized spacial score (nSPS) is 24.5. The highest BCUT2D eigenvalue weighted by Gasteiger charge is 2.58. The molecule has 2 aromatic heterocycles. The van der Waals surface area contributed by atoms with Gasteiger partial charge in [-0.3, -0.25) is 4.68 Å². The summed E-state index contributed by atoms with van der Waals surface area (Å²) in [5, 5.41) is 7.30. The van der Waals surface area contributed by atoms with E-state index in [0.717, 1.165) is 42.8 Å². The van der Waals surface area contributed by atoms with E-state index in [1.165, 1.54) is 6.33 Å². The van der Waals surface area contributed by atoms with Gasteiger partial charge in [-0.25, -0.2) is 24.1 Å². The summed E-state index contributed by atoms with van der Waals surface area (Å²) in [7, 11) is 0. The Morgan fingerprint density at radius 2 is 2.10 bits per heavy atom. The lowest BCUT2D eigenvalue weighted by Gasteiger charge is -2.63. The molecular formula is C22H24FN7O. The quantitative estimate of drug-likeness (QED) is 0.695. The third-order valence-electron chi connectivity index (χ3n) is 6.39. The second-order valence-electron chi connectivity index (χ2n) is 8.78. The lowest BCUT2D eigenvalue weighted by Crippen LogP contribution is -2.73. The van der Waals surface area contributed by atoms with Crippen molar-refractivity contribution in [2.24, 2.45) is 5.92 Å². The molecular weight excluding hydrogens is 397 g/mol. The third kappa shape index (κ3) is 3.54. The average molecular weight is 421 g/mol. The maximum absolute atomic E-state index is 13.3. The molecule has 4 heterocycles. The fourth-order valence-corrected chi connectivity index (χ4v) is 5.25. The first kappa shape index (κ1) is 19.6. The largest absolute Gasteiger partial charge is 0.322 e. The number of aromatic nitrogens is 5. The van der Waals surface area contributed by atoms with Crippen molar-refractivity contribution in [3.05, 3.63) is 54.6 Å². The minimum atomic E-state index is -0.484. The van der Waals surface area contributed by atoms with Gasteiger partial charge in [0.05, 0.1) is 24.5 Å². The Hall–Kier alpha value is -3.36. The molecule has 1 N–H and O–H groups in total. The maximum atomic E-state index is 13.3. The van der Waals surface area contributed by atoms with Crippen molar-refractivity contribution < 1.29 is 9.18 Å². The Bertz CT molecular complexity index is 1100. The van der Waals surface area contributed by atoms with Gasteiger partial charge in [0, 0.05) is 17.3 Å². The molecule has 2 bridgehead atoms. The van der Waals surface area contributed by atoms with Crippen LogP contribution in [0, 0.1) is 18.7 Å². The fourth-order valence-electron chi connectivity index (χ4n) is 5.25. The topological polar surface area (TPSA) is 88.8 Å². The van der Waals surface area contributed by atoms with E-state index in [2.05, 4.69) is 32.3 Å². The highest BCUT2D eigenvalue weighted by Crippen LogP contribution is 2.50. The Kier molecular flexibility index (Phi) is 4.68. The number of carbonyl (C=O) groups is 1.